The minimum Gasteiger partial charge on any atom is -0.298 e. The average Bonchev–Trinajstić information content (AvgIpc) is 2.65. The van der Waals surface area contributed by atoms with Crippen LogP contribution in [0.5, 0.6) is 0 Å². The Morgan fingerprint density at radius 2 is 1.86 bits per heavy atom. The fourth-order valence-corrected chi connectivity index (χ4v) is 2.82. The molecule has 1 heterocycles. The molecular formula is C11H7BrOS. The van der Waals surface area contributed by atoms with Gasteiger partial charge in [-0.2, -0.15) is 0 Å². The Morgan fingerprint density at radius 3 is 2.36 bits per heavy atom. The lowest BCUT2D eigenvalue weighted by Gasteiger charge is -1.98. The highest BCUT2D eigenvalue weighted by Crippen LogP contribution is 2.33. The van der Waals surface area contributed by atoms with E-state index in [1.807, 2.05) is 35.7 Å². The fourth-order valence-electron chi connectivity index (χ4n) is 1.21. The van der Waals surface area contributed by atoms with Crippen LogP contribution in [0.3, 0.4) is 0 Å². The summed E-state index contributed by atoms with van der Waals surface area (Å²) in [5.74, 6) is 0. The second-order valence-corrected chi connectivity index (χ2v) is 4.61. The topological polar surface area (TPSA) is 17.1 Å². The Morgan fingerprint density at radius 1 is 1.14 bits per heavy atom. The maximum atomic E-state index is 10.5. The van der Waals surface area contributed by atoms with Crippen molar-refractivity contribution >= 4 is 33.6 Å². The number of halogens is 1. The predicted molar refractivity (Wildman–Crippen MR) is 62.8 cm³/mol. The molecule has 1 nitrogen and oxygen atoms in total. The molecule has 70 valence electrons. The lowest BCUT2D eigenvalue weighted by molar-refractivity contribution is 0.112. The van der Waals surface area contributed by atoms with Crippen LogP contribution in [-0.4, -0.2) is 6.29 Å². The van der Waals surface area contributed by atoms with Gasteiger partial charge in [0, 0.05) is 14.9 Å². The van der Waals surface area contributed by atoms with E-state index in [1.54, 1.807) is 11.3 Å². The van der Waals surface area contributed by atoms with Gasteiger partial charge in [0.1, 0.15) is 6.29 Å². The summed E-state index contributed by atoms with van der Waals surface area (Å²) in [6, 6.07) is 9.59. The summed E-state index contributed by atoms with van der Waals surface area (Å²) in [7, 11) is 0. The first-order chi connectivity index (χ1) is 6.81. The van der Waals surface area contributed by atoms with Crippen molar-refractivity contribution in [1.82, 2.24) is 0 Å². The van der Waals surface area contributed by atoms with Gasteiger partial charge in [0.25, 0.3) is 0 Å². The maximum absolute atomic E-state index is 10.5. The largest absolute Gasteiger partial charge is 0.298 e. The summed E-state index contributed by atoms with van der Waals surface area (Å²) in [5.41, 5.74) is 1.85. The number of thiophene rings is 1. The number of carbonyl (C=O) groups excluding carboxylic acids is 1. The number of aldehydes is 1. The van der Waals surface area contributed by atoms with E-state index < -0.39 is 0 Å². The van der Waals surface area contributed by atoms with E-state index in [-0.39, 0.29) is 0 Å². The molecule has 0 amide bonds. The van der Waals surface area contributed by atoms with Crippen molar-refractivity contribution in [2.24, 2.45) is 0 Å². The van der Waals surface area contributed by atoms with Gasteiger partial charge in [-0.1, -0.05) is 24.3 Å². The zero-order valence-corrected chi connectivity index (χ0v) is 9.64. The van der Waals surface area contributed by atoms with Crippen LogP contribution < -0.4 is 0 Å². The van der Waals surface area contributed by atoms with Crippen LogP contribution in [0.15, 0.2) is 40.2 Å². The van der Waals surface area contributed by atoms with E-state index in [0.717, 1.165) is 16.3 Å². The molecule has 0 radical (unpaired) electrons. The minimum atomic E-state index is 0.710. The van der Waals surface area contributed by atoms with Gasteiger partial charge in [-0.05, 0) is 32.9 Å². The van der Waals surface area contributed by atoms with Crippen molar-refractivity contribution in [3.05, 3.63) is 45.7 Å². The van der Waals surface area contributed by atoms with E-state index in [2.05, 4.69) is 15.9 Å². The lowest BCUT2D eigenvalue weighted by atomic mass is 10.1. The quantitative estimate of drug-likeness (QED) is 0.752. The first-order valence-electron chi connectivity index (χ1n) is 4.10. The van der Waals surface area contributed by atoms with Gasteiger partial charge in [0.05, 0.1) is 0 Å². The van der Waals surface area contributed by atoms with Gasteiger partial charge in [-0.15, -0.1) is 11.3 Å². The second kappa shape index (κ2) is 4.07. The molecule has 0 spiro atoms. The third-order valence-electron chi connectivity index (χ3n) is 1.93. The molecule has 0 bridgehead atoms. The van der Waals surface area contributed by atoms with Crippen molar-refractivity contribution in [2.75, 3.05) is 0 Å². The van der Waals surface area contributed by atoms with Crippen LogP contribution in [0, 0.1) is 0 Å². The number of hydrogen-bond donors (Lipinski definition) is 0. The van der Waals surface area contributed by atoms with E-state index in [1.165, 1.54) is 4.88 Å². The molecule has 0 atom stereocenters. The third-order valence-corrected chi connectivity index (χ3v) is 3.81. The van der Waals surface area contributed by atoms with Crippen LogP contribution in [0.2, 0.25) is 0 Å². The molecule has 0 unspecified atom stereocenters. The fraction of sp³-hybridized carbons (Fsp3) is 0. The summed E-state index contributed by atoms with van der Waals surface area (Å²) in [4.78, 5) is 11.7. The van der Waals surface area contributed by atoms with Gasteiger partial charge >= 0.3 is 0 Å². The van der Waals surface area contributed by atoms with Gasteiger partial charge in [0.2, 0.25) is 0 Å². The summed E-state index contributed by atoms with van der Waals surface area (Å²) in [6.07, 6.45) is 0.854. The van der Waals surface area contributed by atoms with Crippen LogP contribution >= 0.6 is 27.3 Å². The molecular weight excluding hydrogens is 260 g/mol. The zero-order valence-electron chi connectivity index (χ0n) is 7.24. The number of carbonyl (C=O) groups is 1. The summed E-state index contributed by atoms with van der Waals surface area (Å²) >= 11 is 5.16. The second-order valence-electron chi connectivity index (χ2n) is 2.84. The van der Waals surface area contributed by atoms with Crippen molar-refractivity contribution in [3.63, 3.8) is 0 Å². The molecule has 0 saturated carbocycles. The van der Waals surface area contributed by atoms with Gasteiger partial charge in [-0.25, -0.2) is 0 Å². The highest BCUT2D eigenvalue weighted by Gasteiger charge is 2.03. The molecule has 0 aliphatic rings. The third kappa shape index (κ3) is 1.79. The number of rotatable bonds is 2. The molecule has 0 aliphatic carbocycles. The first-order valence-corrected chi connectivity index (χ1v) is 5.77. The van der Waals surface area contributed by atoms with E-state index in [4.69, 9.17) is 0 Å². The van der Waals surface area contributed by atoms with Gasteiger partial charge in [-0.3, -0.25) is 4.79 Å². The zero-order chi connectivity index (χ0) is 9.97. The average molecular weight is 267 g/mol. The smallest absolute Gasteiger partial charge is 0.150 e. The van der Waals surface area contributed by atoms with Gasteiger partial charge < -0.3 is 0 Å². The number of hydrogen-bond acceptors (Lipinski definition) is 2. The monoisotopic (exact) mass is 266 g/mol. The Labute approximate surface area is 94.5 Å². The van der Waals surface area contributed by atoms with Crippen LogP contribution in [0.4, 0.5) is 0 Å². The first kappa shape index (κ1) is 9.62. The summed E-state index contributed by atoms with van der Waals surface area (Å²) in [5, 5.41) is 2.03. The van der Waals surface area contributed by atoms with Crippen molar-refractivity contribution in [2.45, 2.75) is 0 Å². The van der Waals surface area contributed by atoms with E-state index >= 15 is 0 Å². The van der Waals surface area contributed by atoms with Crippen LogP contribution in [0.1, 0.15) is 10.4 Å². The molecule has 1 aromatic heterocycles. The molecule has 1 aromatic carbocycles. The van der Waals surface area contributed by atoms with E-state index in [9.17, 15) is 4.79 Å². The molecule has 3 heteroatoms. The van der Waals surface area contributed by atoms with Crippen molar-refractivity contribution in [1.29, 1.82) is 0 Å². The Kier molecular flexibility index (Phi) is 2.79. The molecule has 2 rings (SSSR count). The SMILES string of the molecule is O=Cc1ccc(-c2sccc2Br)cc1. The molecule has 0 fully saturated rings. The molecule has 2 aromatic rings. The molecule has 14 heavy (non-hydrogen) atoms. The summed E-state index contributed by atoms with van der Waals surface area (Å²) in [6.45, 7) is 0. The molecule has 0 aliphatic heterocycles. The van der Waals surface area contributed by atoms with Crippen LogP contribution in [0.25, 0.3) is 10.4 Å². The predicted octanol–water partition coefficient (Wildman–Crippen LogP) is 3.99. The van der Waals surface area contributed by atoms with Crippen LogP contribution in [-0.2, 0) is 0 Å². The highest BCUT2D eigenvalue weighted by molar-refractivity contribution is 9.10. The lowest BCUT2D eigenvalue weighted by Crippen LogP contribution is -1.79. The maximum Gasteiger partial charge on any atom is 0.150 e. The van der Waals surface area contributed by atoms with Crippen molar-refractivity contribution < 1.29 is 4.79 Å². The van der Waals surface area contributed by atoms with Gasteiger partial charge in [0.15, 0.2) is 0 Å². The Bertz CT molecular complexity index is 445. The highest BCUT2D eigenvalue weighted by atomic mass is 79.9. The molecule has 0 saturated heterocycles. The normalized spacial score (nSPS) is 10.1. The van der Waals surface area contributed by atoms with E-state index in [0.29, 0.717) is 5.56 Å². The molecule has 0 N–H and O–H groups in total. The Balaban J connectivity index is 2.43. The Hall–Kier alpha value is -0.930. The standard InChI is InChI=1S/C11H7BrOS/c12-10-5-6-14-11(10)9-3-1-8(7-13)2-4-9/h1-7H. The summed E-state index contributed by atoms with van der Waals surface area (Å²) < 4.78 is 1.10. The van der Waals surface area contributed by atoms with Crippen molar-refractivity contribution in [3.8, 4) is 10.4 Å². The minimum absolute atomic E-state index is 0.710. The number of benzene rings is 1.